The van der Waals surface area contributed by atoms with Gasteiger partial charge in [-0.2, -0.15) is 0 Å². The summed E-state index contributed by atoms with van der Waals surface area (Å²) >= 11 is 0. The number of nitrogens with zero attached hydrogens (tertiary/aromatic N) is 1. The minimum absolute atomic E-state index is 0.175. The lowest BCUT2D eigenvalue weighted by Crippen LogP contribution is -2.31. The van der Waals surface area contributed by atoms with Crippen molar-refractivity contribution in [2.45, 2.75) is 25.7 Å². The van der Waals surface area contributed by atoms with Gasteiger partial charge in [0.05, 0.1) is 0 Å². The van der Waals surface area contributed by atoms with E-state index in [9.17, 15) is 4.79 Å². The number of carbonyl (C=O) groups excluding carboxylic acids is 1. The Balaban J connectivity index is 1.88. The number of ketones is 1. The monoisotopic (exact) mass is 259 g/mol. The molecule has 1 fully saturated rings. The molecule has 19 heavy (non-hydrogen) atoms. The molecule has 1 aliphatic carbocycles. The Morgan fingerprint density at radius 3 is 2.89 bits per heavy atom. The van der Waals surface area contributed by atoms with E-state index in [0.717, 1.165) is 12.8 Å². The largest absolute Gasteiger partial charge is 0.388 e. The molecule has 0 bridgehead atoms. The molecule has 1 N–H and O–H groups in total. The first kappa shape index (κ1) is 12.8. The number of rotatable bonds is 2. The van der Waals surface area contributed by atoms with Crippen molar-refractivity contribution in [2.75, 3.05) is 26.7 Å². The van der Waals surface area contributed by atoms with Crippen molar-refractivity contribution in [2.24, 2.45) is 5.41 Å². The van der Waals surface area contributed by atoms with Crippen LogP contribution in [-0.2, 0) is 12.8 Å². The number of fused-ring (bicyclic) bond motifs is 1. The summed E-state index contributed by atoms with van der Waals surface area (Å²) < 4.78 is 0. The SMILES string of the molecule is CN1CC[C@@]2(CCc3ccc(C(=O)CO)cc3C2)C1. The number of benzene rings is 1. The number of likely N-dealkylation sites (tertiary alicyclic amines) is 1. The summed E-state index contributed by atoms with van der Waals surface area (Å²) in [7, 11) is 2.19. The summed E-state index contributed by atoms with van der Waals surface area (Å²) in [5, 5.41) is 8.98. The predicted molar refractivity (Wildman–Crippen MR) is 74.4 cm³/mol. The van der Waals surface area contributed by atoms with Gasteiger partial charge in [-0.3, -0.25) is 4.79 Å². The maximum absolute atomic E-state index is 11.6. The molecule has 1 atom stereocenters. The first-order valence-corrected chi connectivity index (χ1v) is 7.06. The minimum atomic E-state index is -0.396. The van der Waals surface area contributed by atoms with E-state index in [1.54, 1.807) is 0 Å². The Morgan fingerprint density at radius 1 is 1.37 bits per heavy atom. The number of aliphatic hydroxyl groups excluding tert-OH is 1. The second-order valence-electron chi connectivity index (χ2n) is 6.23. The Morgan fingerprint density at radius 2 is 2.21 bits per heavy atom. The molecule has 3 heteroatoms. The van der Waals surface area contributed by atoms with Crippen molar-refractivity contribution in [1.29, 1.82) is 0 Å². The average molecular weight is 259 g/mol. The molecule has 0 aromatic heterocycles. The molecule has 1 aromatic rings. The van der Waals surface area contributed by atoms with E-state index < -0.39 is 6.61 Å². The van der Waals surface area contributed by atoms with Gasteiger partial charge >= 0.3 is 0 Å². The van der Waals surface area contributed by atoms with Gasteiger partial charge in [0.25, 0.3) is 0 Å². The Kier molecular flexibility index (Phi) is 3.19. The van der Waals surface area contributed by atoms with Gasteiger partial charge < -0.3 is 10.0 Å². The third-order valence-corrected chi connectivity index (χ3v) is 4.79. The van der Waals surface area contributed by atoms with Crippen molar-refractivity contribution >= 4 is 5.78 Å². The van der Waals surface area contributed by atoms with Gasteiger partial charge in [-0.05, 0) is 61.9 Å². The zero-order valence-electron chi connectivity index (χ0n) is 11.5. The van der Waals surface area contributed by atoms with Gasteiger partial charge in [-0.25, -0.2) is 0 Å². The van der Waals surface area contributed by atoms with E-state index in [2.05, 4.69) is 18.0 Å². The zero-order valence-corrected chi connectivity index (χ0v) is 11.5. The first-order chi connectivity index (χ1) is 9.12. The molecule has 3 nitrogen and oxygen atoms in total. The van der Waals surface area contributed by atoms with E-state index in [4.69, 9.17) is 5.11 Å². The lowest BCUT2D eigenvalue weighted by Gasteiger charge is -2.34. The minimum Gasteiger partial charge on any atom is -0.388 e. The zero-order chi connectivity index (χ0) is 13.5. The van der Waals surface area contributed by atoms with Gasteiger partial charge in [-0.1, -0.05) is 12.1 Å². The number of Topliss-reactive ketones (excluding diaryl/α,β-unsaturated/α-hetero) is 1. The van der Waals surface area contributed by atoms with E-state index in [1.807, 2.05) is 12.1 Å². The van der Waals surface area contributed by atoms with Gasteiger partial charge in [-0.15, -0.1) is 0 Å². The molecular weight excluding hydrogens is 238 g/mol. The van der Waals surface area contributed by atoms with Crippen LogP contribution >= 0.6 is 0 Å². The highest BCUT2D eigenvalue weighted by molar-refractivity contribution is 5.97. The van der Waals surface area contributed by atoms with Crippen LogP contribution in [0.5, 0.6) is 0 Å². The van der Waals surface area contributed by atoms with Crippen molar-refractivity contribution in [3.8, 4) is 0 Å². The fourth-order valence-electron chi connectivity index (χ4n) is 3.70. The highest BCUT2D eigenvalue weighted by Gasteiger charge is 2.39. The highest BCUT2D eigenvalue weighted by Crippen LogP contribution is 2.42. The summed E-state index contributed by atoms with van der Waals surface area (Å²) in [6.45, 7) is 1.96. The van der Waals surface area contributed by atoms with Crippen LogP contribution in [0.3, 0.4) is 0 Å². The van der Waals surface area contributed by atoms with Crippen LogP contribution in [0.15, 0.2) is 18.2 Å². The molecule has 0 amide bonds. The van der Waals surface area contributed by atoms with E-state index in [0.29, 0.717) is 11.0 Å². The van der Waals surface area contributed by atoms with Crippen molar-refractivity contribution < 1.29 is 9.90 Å². The number of hydrogen-bond donors (Lipinski definition) is 1. The second kappa shape index (κ2) is 4.73. The summed E-state index contributed by atoms with van der Waals surface area (Å²) in [5.74, 6) is -0.175. The lowest BCUT2D eigenvalue weighted by molar-refractivity contribution is 0.0903. The van der Waals surface area contributed by atoms with Crippen LogP contribution in [0.2, 0.25) is 0 Å². The maximum atomic E-state index is 11.6. The van der Waals surface area contributed by atoms with Crippen molar-refractivity contribution in [3.63, 3.8) is 0 Å². The predicted octanol–water partition coefficient (Wildman–Crippen LogP) is 1.67. The smallest absolute Gasteiger partial charge is 0.188 e. The molecule has 1 spiro atoms. The van der Waals surface area contributed by atoms with Crippen LogP contribution in [0.25, 0.3) is 0 Å². The lowest BCUT2D eigenvalue weighted by atomic mass is 9.71. The summed E-state index contributed by atoms with van der Waals surface area (Å²) in [4.78, 5) is 14.0. The number of aliphatic hydroxyl groups is 1. The number of hydrogen-bond acceptors (Lipinski definition) is 3. The van der Waals surface area contributed by atoms with Crippen molar-refractivity contribution in [3.05, 3.63) is 34.9 Å². The Labute approximate surface area is 114 Å². The normalized spacial score (nSPS) is 26.6. The van der Waals surface area contributed by atoms with Gasteiger partial charge in [0.2, 0.25) is 0 Å². The van der Waals surface area contributed by atoms with Crippen molar-refractivity contribution in [1.82, 2.24) is 4.90 Å². The molecule has 0 saturated carbocycles. The quantitative estimate of drug-likeness (QED) is 0.821. The molecule has 0 radical (unpaired) electrons. The van der Waals surface area contributed by atoms with Crippen LogP contribution in [0.1, 0.15) is 34.3 Å². The third-order valence-electron chi connectivity index (χ3n) is 4.79. The summed E-state index contributed by atoms with van der Waals surface area (Å²) in [5.41, 5.74) is 3.78. The molecular formula is C16H21NO2. The molecule has 2 aliphatic rings. The van der Waals surface area contributed by atoms with Crippen LogP contribution < -0.4 is 0 Å². The topological polar surface area (TPSA) is 40.5 Å². The van der Waals surface area contributed by atoms with E-state index in [1.165, 1.54) is 37.1 Å². The highest BCUT2D eigenvalue weighted by atomic mass is 16.3. The van der Waals surface area contributed by atoms with Gasteiger partial charge in [0.1, 0.15) is 6.61 Å². The van der Waals surface area contributed by atoms with Crippen LogP contribution in [0.4, 0.5) is 0 Å². The molecule has 102 valence electrons. The number of aryl methyl sites for hydroxylation is 1. The van der Waals surface area contributed by atoms with Gasteiger partial charge in [0.15, 0.2) is 5.78 Å². The van der Waals surface area contributed by atoms with Gasteiger partial charge in [0, 0.05) is 12.1 Å². The second-order valence-corrected chi connectivity index (χ2v) is 6.23. The molecule has 1 aliphatic heterocycles. The molecule has 3 rings (SSSR count). The van der Waals surface area contributed by atoms with Crippen LogP contribution in [-0.4, -0.2) is 42.5 Å². The van der Waals surface area contributed by atoms with E-state index >= 15 is 0 Å². The molecule has 1 saturated heterocycles. The maximum Gasteiger partial charge on any atom is 0.188 e. The Hall–Kier alpha value is -1.19. The molecule has 1 heterocycles. The average Bonchev–Trinajstić information content (AvgIpc) is 2.78. The summed E-state index contributed by atoms with van der Waals surface area (Å²) in [6, 6.07) is 5.94. The summed E-state index contributed by atoms with van der Waals surface area (Å²) in [6.07, 6.45) is 4.73. The standard InChI is InChI=1S/C16H21NO2/c1-17-7-6-16(11-17)5-4-12-2-3-13(15(19)10-18)8-14(12)9-16/h2-3,8,18H,4-7,9-11H2,1H3/t16-/m1/s1. The molecule has 1 aromatic carbocycles. The van der Waals surface area contributed by atoms with Crippen LogP contribution in [0, 0.1) is 5.41 Å². The number of carbonyl (C=O) groups is 1. The first-order valence-electron chi connectivity index (χ1n) is 7.06. The molecule has 0 unspecified atom stereocenters. The fraction of sp³-hybridized carbons (Fsp3) is 0.562. The third kappa shape index (κ3) is 2.33. The fourth-order valence-corrected chi connectivity index (χ4v) is 3.70. The van der Waals surface area contributed by atoms with E-state index in [-0.39, 0.29) is 5.78 Å². The Bertz CT molecular complexity index is 511.